The second-order valence-electron chi connectivity index (χ2n) is 6.26. The summed E-state index contributed by atoms with van der Waals surface area (Å²) in [6.45, 7) is 2.22. The molecule has 3 rings (SSSR count). The second-order valence-corrected chi connectivity index (χ2v) is 6.67. The molecule has 1 aromatic carbocycles. The van der Waals surface area contributed by atoms with Crippen LogP contribution in [-0.4, -0.2) is 4.98 Å². The molecule has 0 radical (unpaired) electrons. The van der Waals surface area contributed by atoms with Crippen molar-refractivity contribution in [2.75, 3.05) is 0 Å². The van der Waals surface area contributed by atoms with Gasteiger partial charge in [0.15, 0.2) is 0 Å². The third-order valence-electron chi connectivity index (χ3n) is 4.68. The summed E-state index contributed by atoms with van der Waals surface area (Å²) in [5.41, 5.74) is 2.90. The van der Waals surface area contributed by atoms with E-state index in [0.29, 0.717) is 0 Å². The van der Waals surface area contributed by atoms with E-state index in [0.717, 1.165) is 24.1 Å². The van der Waals surface area contributed by atoms with Gasteiger partial charge in [-0.15, -0.1) is 0 Å². The van der Waals surface area contributed by atoms with Gasteiger partial charge in [0.1, 0.15) is 5.82 Å². The molecule has 0 bridgehead atoms. The quantitative estimate of drug-likeness (QED) is 0.598. The average molecular weight is 330 g/mol. The summed E-state index contributed by atoms with van der Waals surface area (Å²) in [4.78, 5) is 4.58. The van der Waals surface area contributed by atoms with Crippen LogP contribution in [0, 0.1) is 5.82 Å². The molecule has 0 aliphatic heterocycles. The van der Waals surface area contributed by atoms with Gasteiger partial charge >= 0.3 is 0 Å². The summed E-state index contributed by atoms with van der Waals surface area (Å²) in [7, 11) is 0. The number of rotatable bonds is 4. The largest absolute Gasteiger partial charge is 0.256 e. The van der Waals surface area contributed by atoms with Crippen molar-refractivity contribution < 1.29 is 4.39 Å². The lowest BCUT2D eigenvalue weighted by Crippen LogP contribution is -2.25. The van der Waals surface area contributed by atoms with Gasteiger partial charge in [-0.2, -0.15) is 0 Å². The fraction of sp³-hybridized carbons (Fsp3) is 0.350. The molecule has 0 saturated carbocycles. The fourth-order valence-electron chi connectivity index (χ4n) is 3.48. The minimum Gasteiger partial charge on any atom is -0.256 e. The molecular formula is C20H21ClFN. The highest BCUT2D eigenvalue weighted by molar-refractivity contribution is 6.30. The van der Waals surface area contributed by atoms with Crippen molar-refractivity contribution in [3.63, 3.8) is 0 Å². The summed E-state index contributed by atoms with van der Waals surface area (Å²) in [5, 5.41) is 0.139. The average Bonchev–Trinajstić information content (AvgIpc) is 2.59. The number of halogens is 2. The number of hydrogen-bond acceptors (Lipinski definition) is 1. The van der Waals surface area contributed by atoms with Gasteiger partial charge in [-0.25, -0.2) is 4.39 Å². The molecule has 1 nitrogen and oxygen atoms in total. The number of nitrogens with zero attached hydrogens (tertiary/aromatic N) is 1. The first kappa shape index (κ1) is 16.2. The van der Waals surface area contributed by atoms with Gasteiger partial charge in [0.25, 0.3) is 0 Å². The summed E-state index contributed by atoms with van der Waals surface area (Å²) in [6, 6.07) is 8.94. The Morgan fingerprint density at radius 2 is 2.13 bits per heavy atom. The molecule has 1 atom stereocenters. The number of benzene rings is 1. The molecule has 0 N–H and O–H groups in total. The Balaban J connectivity index is 1.93. The Bertz CT molecular complexity index is 708. The number of allylic oxidation sites excluding steroid dienone is 2. The summed E-state index contributed by atoms with van der Waals surface area (Å²) in [5.74, 6) is -0.410. The van der Waals surface area contributed by atoms with Crippen molar-refractivity contribution in [1.82, 2.24) is 4.98 Å². The van der Waals surface area contributed by atoms with Crippen LogP contribution in [0.5, 0.6) is 0 Å². The van der Waals surface area contributed by atoms with E-state index >= 15 is 0 Å². The van der Waals surface area contributed by atoms with Crippen molar-refractivity contribution >= 4 is 11.6 Å². The monoisotopic (exact) mass is 329 g/mol. The van der Waals surface area contributed by atoms with Crippen molar-refractivity contribution in [2.24, 2.45) is 0 Å². The molecule has 0 spiro atoms. The zero-order valence-electron chi connectivity index (χ0n) is 13.4. The molecule has 0 saturated heterocycles. The molecule has 1 aliphatic rings. The van der Waals surface area contributed by atoms with E-state index in [4.69, 9.17) is 11.6 Å². The number of aromatic nitrogens is 1. The Morgan fingerprint density at radius 1 is 1.26 bits per heavy atom. The molecule has 1 heterocycles. The predicted octanol–water partition coefficient (Wildman–Crippen LogP) is 6.32. The van der Waals surface area contributed by atoms with Crippen molar-refractivity contribution in [3.05, 3.63) is 65.1 Å². The smallest absolute Gasteiger partial charge is 0.142 e. The molecule has 0 amide bonds. The molecule has 1 aromatic heterocycles. The molecular weight excluding hydrogens is 309 g/mol. The second kappa shape index (κ2) is 6.84. The van der Waals surface area contributed by atoms with Crippen LogP contribution < -0.4 is 0 Å². The van der Waals surface area contributed by atoms with Crippen molar-refractivity contribution in [1.29, 1.82) is 0 Å². The van der Waals surface area contributed by atoms with Crippen LogP contribution in [-0.2, 0) is 5.41 Å². The van der Waals surface area contributed by atoms with Crippen LogP contribution in [0.2, 0.25) is 5.02 Å². The molecule has 120 valence electrons. The maximum atomic E-state index is 13.6. The molecule has 0 fully saturated rings. The van der Waals surface area contributed by atoms with Crippen LogP contribution in [0.15, 0.2) is 48.7 Å². The zero-order chi connectivity index (χ0) is 16.3. The highest BCUT2D eigenvalue weighted by Gasteiger charge is 2.30. The molecule has 2 aromatic rings. The van der Waals surface area contributed by atoms with E-state index in [1.54, 1.807) is 12.1 Å². The molecule has 23 heavy (non-hydrogen) atoms. The number of pyridine rings is 1. The first-order valence-corrected chi connectivity index (χ1v) is 8.62. The minimum absolute atomic E-state index is 0.115. The third kappa shape index (κ3) is 3.32. The van der Waals surface area contributed by atoms with Gasteiger partial charge in [-0.05, 0) is 49.4 Å². The van der Waals surface area contributed by atoms with Gasteiger partial charge in [-0.3, -0.25) is 4.98 Å². The van der Waals surface area contributed by atoms with Crippen LogP contribution in [0.4, 0.5) is 4.39 Å². The fourth-order valence-corrected chi connectivity index (χ4v) is 3.60. The first-order chi connectivity index (χ1) is 11.1. The van der Waals surface area contributed by atoms with E-state index in [1.165, 1.54) is 30.9 Å². The Hall–Kier alpha value is -1.67. The number of hydrogen-bond donors (Lipinski definition) is 0. The molecule has 1 unspecified atom stereocenters. The normalized spacial score (nSPS) is 20.7. The van der Waals surface area contributed by atoms with Gasteiger partial charge in [-0.1, -0.05) is 49.2 Å². The zero-order valence-corrected chi connectivity index (χ0v) is 14.1. The van der Waals surface area contributed by atoms with Crippen molar-refractivity contribution in [3.8, 4) is 11.3 Å². The SMILES string of the molecule is CCCC1(c2ccc(-c3ccc(Cl)c(F)c3)nc2)C=CCCC1. The standard InChI is InChI=1S/C20H21ClFN/c1-2-10-20(11-4-3-5-12-20)16-7-9-19(23-14-16)15-6-8-17(21)18(22)13-15/h4,6-9,11,13-14H,2-3,5,10,12H2,1H3. The van der Waals surface area contributed by atoms with Gasteiger partial charge in [0.05, 0.1) is 10.7 Å². The topological polar surface area (TPSA) is 12.9 Å². The minimum atomic E-state index is -0.410. The van der Waals surface area contributed by atoms with Crippen LogP contribution in [0.25, 0.3) is 11.3 Å². The van der Waals surface area contributed by atoms with Crippen LogP contribution >= 0.6 is 11.6 Å². The highest BCUT2D eigenvalue weighted by atomic mass is 35.5. The Morgan fingerprint density at radius 3 is 2.74 bits per heavy atom. The lowest BCUT2D eigenvalue weighted by Gasteiger charge is -2.33. The van der Waals surface area contributed by atoms with Gasteiger partial charge < -0.3 is 0 Å². The summed E-state index contributed by atoms with van der Waals surface area (Å²) < 4.78 is 13.6. The van der Waals surface area contributed by atoms with E-state index in [-0.39, 0.29) is 10.4 Å². The lowest BCUT2D eigenvalue weighted by atomic mass is 9.71. The maximum absolute atomic E-state index is 13.6. The predicted molar refractivity (Wildman–Crippen MR) is 94.2 cm³/mol. The first-order valence-electron chi connectivity index (χ1n) is 8.24. The van der Waals surface area contributed by atoms with Crippen LogP contribution in [0.3, 0.4) is 0 Å². The maximum Gasteiger partial charge on any atom is 0.142 e. The Kier molecular flexibility index (Phi) is 4.82. The lowest BCUT2D eigenvalue weighted by molar-refractivity contribution is 0.417. The third-order valence-corrected chi connectivity index (χ3v) is 4.99. The van der Waals surface area contributed by atoms with Gasteiger partial charge in [0.2, 0.25) is 0 Å². The summed E-state index contributed by atoms with van der Waals surface area (Å²) in [6.07, 6.45) is 12.5. The van der Waals surface area contributed by atoms with E-state index in [1.807, 2.05) is 12.3 Å². The van der Waals surface area contributed by atoms with E-state index in [9.17, 15) is 4.39 Å². The summed E-state index contributed by atoms with van der Waals surface area (Å²) >= 11 is 5.74. The van der Waals surface area contributed by atoms with E-state index < -0.39 is 5.82 Å². The van der Waals surface area contributed by atoms with Crippen LogP contribution in [0.1, 0.15) is 44.6 Å². The van der Waals surface area contributed by atoms with Gasteiger partial charge in [0, 0.05) is 17.2 Å². The highest BCUT2D eigenvalue weighted by Crippen LogP contribution is 2.39. The van der Waals surface area contributed by atoms with E-state index in [2.05, 4.69) is 30.1 Å². The molecule has 3 heteroatoms. The van der Waals surface area contributed by atoms with Crippen molar-refractivity contribution in [2.45, 2.75) is 44.4 Å². The molecule has 1 aliphatic carbocycles. The Labute approximate surface area is 142 Å².